The topological polar surface area (TPSA) is 92.7 Å². The fourth-order valence-corrected chi connectivity index (χ4v) is 3.80. The Labute approximate surface area is 117 Å². The highest BCUT2D eigenvalue weighted by Crippen LogP contribution is 2.26. The molecular weight excluding hydrogens is 282 g/mol. The van der Waals surface area contributed by atoms with E-state index in [-0.39, 0.29) is 5.25 Å². The van der Waals surface area contributed by atoms with Crippen LogP contribution < -0.4 is 9.46 Å². The Hall–Kier alpha value is -1.76. The van der Waals surface area contributed by atoms with E-state index in [2.05, 4.69) is 4.72 Å². The molecule has 1 saturated carbocycles. The van der Waals surface area contributed by atoms with E-state index in [1.54, 1.807) is 12.1 Å². The number of sulfonamides is 1. The summed E-state index contributed by atoms with van der Waals surface area (Å²) in [5.74, 6) is -0.674. The molecule has 2 rings (SSSR count). The Bertz CT molecular complexity index is 561. The minimum Gasteiger partial charge on any atom is -0.482 e. The lowest BCUT2D eigenvalue weighted by atomic mass is 10.3. The van der Waals surface area contributed by atoms with Crippen LogP contribution in [0.25, 0.3) is 0 Å². The van der Waals surface area contributed by atoms with Crippen molar-refractivity contribution in [2.75, 3.05) is 11.3 Å². The summed E-state index contributed by atoms with van der Waals surface area (Å²) in [6.07, 6.45) is 3.31. The van der Waals surface area contributed by atoms with E-state index in [1.165, 1.54) is 12.1 Å². The van der Waals surface area contributed by atoms with Gasteiger partial charge in [-0.3, -0.25) is 4.72 Å². The number of carboxylic acids is 1. The van der Waals surface area contributed by atoms with Crippen molar-refractivity contribution in [3.8, 4) is 5.75 Å². The summed E-state index contributed by atoms with van der Waals surface area (Å²) in [5.41, 5.74) is 0.458. The van der Waals surface area contributed by atoms with Crippen molar-refractivity contribution >= 4 is 21.7 Å². The maximum atomic E-state index is 12.1. The normalized spacial score (nSPS) is 16.0. The second-order valence-corrected chi connectivity index (χ2v) is 6.72. The number of anilines is 1. The minimum atomic E-state index is -3.34. The summed E-state index contributed by atoms with van der Waals surface area (Å²) >= 11 is 0. The number of carboxylic acid groups (broad SMARTS) is 1. The van der Waals surface area contributed by atoms with E-state index < -0.39 is 22.6 Å². The van der Waals surface area contributed by atoms with Crippen LogP contribution in [0.3, 0.4) is 0 Å². The molecule has 20 heavy (non-hydrogen) atoms. The van der Waals surface area contributed by atoms with E-state index >= 15 is 0 Å². The van der Waals surface area contributed by atoms with Gasteiger partial charge in [0.15, 0.2) is 6.61 Å². The third-order valence-corrected chi connectivity index (χ3v) is 5.09. The third kappa shape index (κ3) is 3.86. The average Bonchev–Trinajstić information content (AvgIpc) is 2.92. The first-order valence-corrected chi connectivity index (χ1v) is 7.98. The van der Waals surface area contributed by atoms with Gasteiger partial charge in [-0.25, -0.2) is 13.2 Å². The van der Waals surface area contributed by atoms with Gasteiger partial charge in [0.2, 0.25) is 10.0 Å². The third-order valence-electron chi connectivity index (χ3n) is 3.22. The minimum absolute atomic E-state index is 0.314. The molecule has 0 saturated heterocycles. The highest BCUT2D eigenvalue weighted by atomic mass is 32.2. The molecule has 1 fully saturated rings. The molecule has 1 aliphatic carbocycles. The zero-order valence-corrected chi connectivity index (χ0v) is 11.7. The number of rotatable bonds is 6. The van der Waals surface area contributed by atoms with Crippen LogP contribution in [0.1, 0.15) is 25.7 Å². The Morgan fingerprint density at radius 2 is 1.85 bits per heavy atom. The van der Waals surface area contributed by atoms with E-state index in [4.69, 9.17) is 9.84 Å². The maximum absolute atomic E-state index is 12.1. The number of benzene rings is 1. The second-order valence-electron chi connectivity index (χ2n) is 4.76. The lowest BCUT2D eigenvalue weighted by molar-refractivity contribution is -0.139. The van der Waals surface area contributed by atoms with E-state index in [0.717, 1.165) is 12.8 Å². The molecule has 1 aliphatic rings. The molecule has 0 amide bonds. The first-order valence-electron chi connectivity index (χ1n) is 6.44. The maximum Gasteiger partial charge on any atom is 0.341 e. The van der Waals surface area contributed by atoms with Gasteiger partial charge in [0.25, 0.3) is 0 Å². The summed E-state index contributed by atoms with van der Waals surface area (Å²) in [6, 6.07) is 6.19. The van der Waals surface area contributed by atoms with Gasteiger partial charge in [0, 0.05) is 5.69 Å². The first-order chi connectivity index (χ1) is 9.47. The second kappa shape index (κ2) is 6.13. The molecule has 110 valence electrons. The van der Waals surface area contributed by atoms with Crippen LogP contribution in [0, 0.1) is 0 Å². The Morgan fingerprint density at radius 1 is 1.25 bits per heavy atom. The number of aliphatic carboxylic acids is 1. The van der Waals surface area contributed by atoms with Crippen LogP contribution in [0.2, 0.25) is 0 Å². The summed E-state index contributed by atoms with van der Waals surface area (Å²) in [4.78, 5) is 10.4. The summed E-state index contributed by atoms with van der Waals surface area (Å²) in [5, 5.41) is 8.17. The number of nitrogens with one attached hydrogen (secondary N) is 1. The van der Waals surface area contributed by atoms with Crippen LogP contribution in [0.15, 0.2) is 24.3 Å². The largest absolute Gasteiger partial charge is 0.482 e. The molecular formula is C13H17NO5S. The summed E-state index contributed by atoms with van der Waals surface area (Å²) in [6.45, 7) is -0.423. The lowest BCUT2D eigenvalue weighted by Gasteiger charge is -2.13. The number of carbonyl (C=O) groups is 1. The fraction of sp³-hybridized carbons (Fsp3) is 0.462. The zero-order chi connectivity index (χ0) is 14.6. The molecule has 0 aromatic heterocycles. The van der Waals surface area contributed by atoms with Crippen molar-refractivity contribution in [3.05, 3.63) is 24.3 Å². The summed E-state index contributed by atoms with van der Waals surface area (Å²) < 4.78 is 31.7. The Balaban J connectivity index is 1.98. The Kier molecular flexibility index (Phi) is 4.49. The molecule has 1 aromatic carbocycles. The molecule has 0 unspecified atom stereocenters. The molecule has 0 aliphatic heterocycles. The number of hydrogen-bond donors (Lipinski definition) is 2. The van der Waals surface area contributed by atoms with Gasteiger partial charge in [0.1, 0.15) is 5.75 Å². The van der Waals surface area contributed by atoms with Gasteiger partial charge < -0.3 is 9.84 Å². The van der Waals surface area contributed by atoms with Crippen LogP contribution in [-0.4, -0.2) is 31.4 Å². The van der Waals surface area contributed by atoms with Gasteiger partial charge in [-0.1, -0.05) is 12.8 Å². The standard InChI is InChI=1S/C13H17NO5S/c15-13(16)9-19-11-7-5-10(6-8-11)14-20(17,18)12-3-1-2-4-12/h5-8,12,14H,1-4,9H2,(H,15,16). The summed E-state index contributed by atoms with van der Waals surface area (Å²) in [7, 11) is -3.34. The van der Waals surface area contributed by atoms with Crippen LogP contribution in [0.4, 0.5) is 5.69 Å². The number of hydrogen-bond acceptors (Lipinski definition) is 4. The molecule has 7 heteroatoms. The Morgan fingerprint density at radius 3 is 2.40 bits per heavy atom. The van der Waals surface area contributed by atoms with Crippen molar-refractivity contribution < 1.29 is 23.1 Å². The monoisotopic (exact) mass is 299 g/mol. The van der Waals surface area contributed by atoms with Gasteiger partial charge in [0.05, 0.1) is 5.25 Å². The molecule has 0 spiro atoms. The van der Waals surface area contributed by atoms with Crippen LogP contribution in [-0.2, 0) is 14.8 Å². The van der Waals surface area contributed by atoms with Crippen molar-refractivity contribution in [2.24, 2.45) is 0 Å². The lowest BCUT2D eigenvalue weighted by Crippen LogP contribution is -2.25. The van der Waals surface area contributed by atoms with Gasteiger partial charge >= 0.3 is 5.97 Å². The van der Waals surface area contributed by atoms with Crippen LogP contribution in [0.5, 0.6) is 5.75 Å². The van der Waals surface area contributed by atoms with E-state index in [0.29, 0.717) is 24.3 Å². The highest BCUT2D eigenvalue weighted by molar-refractivity contribution is 7.93. The van der Waals surface area contributed by atoms with Crippen LogP contribution >= 0.6 is 0 Å². The molecule has 0 radical (unpaired) electrons. The van der Waals surface area contributed by atoms with Crippen molar-refractivity contribution in [3.63, 3.8) is 0 Å². The predicted octanol–water partition coefficient (Wildman–Crippen LogP) is 1.83. The average molecular weight is 299 g/mol. The molecule has 6 nitrogen and oxygen atoms in total. The van der Waals surface area contributed by atoms with E-state index in [9.17, 15) is 13.2 Å². The SMILES string of the molecule is O=C(O)COc1ccc(NS(=O)(=O)C2CCCC2)cc1. The van der Waals surface area contributed by atoms with Crippen molar-refractivity contribution in [2.45, 2.75) is 30.9 Å². The van der Waals surface area contributed by atoms with Gasteiger partial charge in [-0.15, -0.1) is 0 Å². The van der Waals surface area contributed by atoms with Gasteiger partial charge in [-0.05, 0) is 37.1 Å². The smallest absolute Gasteiger partial charge is 0.341 e. The quantitative estimate of drug-likeness (QED) is 0.836. The predicted molar refractivity (Wildman–Crippen MR) is 74.4 cm³/mol. The molecule has 1 aromatic rings. The fourth-order valence-electron chi connectivity index (χ4n) is 2.21. The molecule has 2 N–H and O–H groups in total. The molecule has 0 atom stereocenters. The van der Waals surface area contributed by atoms with E-state index in [1.807, 2.05) is 0 Å². The van der Waals surface area contributed by atoms with Crippen molar-refractivity contribution in [1.82, 2.24) is 0 Å². The first kappa shape index (κ1) is 14.6. The molecule has 0 bridgehead atoms. The van der Waals surface area contributed by atoms with Gasteiger partial charge in [-0.2, -0.15) is 0 Å². The molecule has 0 heterocycles. The number of ether oxygens (including phenoxy) is 1. The highest BCUT2D eigenvalue weighted by Gasteiger charge is 2.28. The van der Waals surface area contributed by atoms with Crippen molar-refractivity contribution in [1.29, 1.82) is 0 Å². The zero-order valence-electron chi connectivity index (χ0n) is 10.9.